The maximum Gasteiger partial charge on any atom is 0.236 e. The number of hydrogen-bond acceptors (Lipinski definition) is 3. The SMILES string of the molecule is COc1ccc(C)cc1CCNS(=O)(=O)C1=Cc2ccccc2CC1. The molecule has 2 aromatic rings. The van der Waals surface area contributed by atoms with Crippen LogP contribution in [0, 0.1) is 6.92 Å². The molecular formula is C20H23NO3S. The first-order chi connectivity index (χ1) is 12.0. The van der Waals surface area contributed by atoms with Crippen molar-refractivity contribution in [3.8, 4) is 5.75 Å². The van der Waals surface area contributed by atoms with Crippen LogP contribution in [-0.2, 0) is 22.9 Å². The number of methoxy groups -OCH3 is 1. The summed E-state index contributed by atoms with van der Waals surface area (Å²) in [6, 6.07) is 13.9. The summed E-state index contributed by atoms with van der Waals surface area (Å²) in [7, 11) is -1.83. The Kier molecular flexibility index (Phi) is 5.25. The molecule has 0 radical (unpaired) electrons. The number of aryl methyl sites for hydroxylation is 2. The Bertz CT molecular complexity index is 901. The largest absolute Gasteiger partial charge is 0.496 e. The molecule has 0 fully saturated rings. The van der Waals surface area contributed by atoms with Gasteiger partial charge in [0.15, 0.2) is 0 Å². The van der Waals surface area contributed by atoms with E-state index in [1.54, 1.807) is 13.2 Å². The number of hydrogen-bond donors (Lipinski definition) is 1. The highest BCUT2D eigenvalue weighted by molar-refractivity contribution is 7.93. The molecule has 0 spiro atoms. The van der Waals surface area contributed by atoms with Crippen molar-refractivity contribution < 1.29 is 13.2 Å². The van der Waals surface area contributed by atoms with E-state index in [-0.39, 0.29) is 0 Å². The zero-order chi connectivity index (χ0) is 17.9. The van der Waals surface area contributed by atoms with Crippen LogP contribution < -0.4 is 9.46 Å². The fourth-order valence-electron chi connectivity index (χ4n) is 3.13. The van der Waals surface area contributed by atoms with E-state index in [1.807, 2.05) is 49.4 Å². The van der Waals surface area contributed by atoms with Gasteiger partial charge in [-0.05, 0) is 55.0 Å². The lowest BCUT2D eigenvalue weighted by atomic mass is 9.98. The third-order valence-electron chi connectivity index (χ3n) is 4.48. The molecule has 4 nitrogen and oxygen atoms in total. The smallest absolute Gasteiger partial charge is 0.236 e. The van der Waals surface area contributed by atoms with E-state index in [1.165, 1.54) is 5.56 Å². The molecule has 0 aliphatic heterocycles. The number of allylic oxidation sites excluding steroid dienone is 1. The third-order valence-corrected chi connectivity index (χ3v) is 6.08. The number of fused-ring (bicyclic) bond motifs is 1. The summed E-state index contributed by atoms with van der Waals surface area (Å²) in [6.07, 6.45) is 3.68. The molecule has 1 N–H and O–H groups in total. The average molecular weight is 357 g/mol. The Labute approximate surface area is 149 Å². The van der Waals surface area contributed by atoms with E-state index in [9.17, 15) is 8.42 Å². The minimum Gasteiger partial charge on any atom is -0.496 e. The van der Waals surface area contributed by atoms with Gasteiger partial charge >= 0.3 is 0 Å². The standard InChI is InChI=1S/C20H23NO3S/c1-15-7-10-20(24-2)18(13-15)11-12-21-25(22,23)19-9-8-16-5-3-4-6-17(16)14-19/h3-7,10,13-14,21H,8-9,11-12H2,1-2H3. The summed E-state index contributed by atoms with van der Waals surface area (Å²) < 4.78 is 33.3. The summed E-state index contributed by atoms with van der Waals surface area (Å²) in [5, 5.41) is 0. The van der Waals surface area contributed by atoms with Gasteiger partial charge in [-0.15, -0.1) is 0 Å². The fraction of sp³-hybridized carbons (Fsp3) is 0.300. The Morgan fingerprint density at radius 2 is 1.92 bits per heavy atom. The van der Waals surface area contributed by atoms with E-state index in [2.05, 4.69) is 4.72 Å². The van der Waals surface area contributed by atoms with E-state index < -0.39 is 10.0 Å². The van der Waals surface area contributed by atoms with Gasteiger partial charge in [0, 0.05) is 6.54 Å². The van der Waals surface area contributed by atoms with Crippen molar-refractivity contribution in [2.75, 3.05) is 13.7 Å². The Hall–Kier alpha value is -2.11. The van der Waals surface area contributed by atoms with Gasteiger partial charge in [0.25, 0.3) is 0 Å². The number of nitrogens with one attached hydrogen (secondary N) is 1. The van der Waals surface area contributed by atoms with Gasteiger partial charge in [0.2, 0.25) is 10.0 Å². The predicted octanol–water partition coefficient (Wildman–Crippen LogP) is 3.45. The van der Waals surface area contributed by atoms with Gasteiger partial charge in [-0.25, -0.2) is 13.1 Å². The Morgan fingerprint density at radius 3 is 2.72 bits per heavy atom. The van der Waals surface area contributed by atoms with E-state index >= 15 is 0 Å². The second-order valence-electron chi connectivity index (χ2n) is 6.27. The fourth-order valence-corrected chi connectivity index (χ4v) is 4.34. The summed E-state index contributed by atoms with van der Waals surface area (Å²) in [6.45, 7) is 2.36. The first kappa shape index (κ1) is 17.7. The highest BCUT2D eigenvalue weighted by atomic mass is 32.2. The van der Waals surface area contributed by atoms with Crippen LogP contribution in [0.1, 0.15) is 28.7 Å². The van der Waals surface area contributed by atoms with Crippen LogP contribution in [-0.4, -0.2) is 22.1 Å². The van der Waals surface area contributed by atoms with Gasteiger partial charge in [0.05, 0.1) is 12.0 Å². The molecule has 1 aliphatic rings. The van der Waals surface area contributed by atoms with Crippen LogP contribution >= 0.6 is 0 Å². The molecule has 0 unspecified atom stereocenters. The van der Waals surface area contributed by atoms with Crippen molar-refractivity contribution in [3.63, 3.8) is 0 Å². The zero-order valence-electron chi connectivity index (χ0n) is 14.6. The van der Waals surface area contributed by atoms with Crippen LogP contribution in [0.25, 0.3) is 6.08 Å². The maximum atomic E-state index is 12.6. The molecule has 0 aromatic heterocycles. The monoisotopic (exact) mass is 357 g/mol. The molecule has 0 amide bonds. The number of ether oxygens (including phenoxy) is 1. The molecular weight excluding hydrogens is 334 g/mol. The molecule has 0 heterocycles. The van der Waals surface area contributed by atoms with Crippen molar-refractivity contribution in [2.45, 2.75) is 26.2 Å². The first-order valence-corrected chi connectivity index (χ1v) is 9.89. The summed E-state index contributed by atoms with van der Waals surface area (Å²) in [5.41, 5.74) is 4.33. The van der Waals surface area contributed by atoms with Crippen molar-refractivity contribution in [1.29, 1.82) is 0 Å². The minimum absolute atomic E-state index is 0.348. The van der Waals surface area contributed by atoms with Crippen molar-refractivity contribution >= 4 is 16.1 Å². The molecule has 0 bridgehead atoms. The highest BCUT2D eigenvalue weighted by Crippen LogP contribution is 2.26. The predicted molar refractivity (Wildman–Crippen MR) is 101 cm³/mol. The first-order valence-electron chi connectivity index (χ1n) is 8.41. The van der Waals surface area contributed by atoms with Crippen molar-refractivity contribution in [1.82, 2.24) is 4.72 Å². The summed E-state index contributed by atoms with van der Waals surface area (Å²) in [4.78, 5) is 0.461. The maximum absolute atomic E-state index is 12.6. The molecule has 25 heavy (non-hydrogen) atoms. The van der Waals surface area contributed by atoms with Gasteiger partial charge in [-0.1, -0.05) is 42.0 Å². The summed E-state index contributed by atoms with van der Waals surface area (Å²) >= 11 is 0. The lowest BCUT2D eigenvalue weighted by molar-refractivity contribution is 0.409. The van der Waals surface area contributed by atoms with Crippen LogP contribution in [0.3, 0.4) is 0 Å². The van der Waals surface area contributed by atoms with Gasteiger partial charge < -0.3 is 4.74 Å². The number of sulfonamides is 1. The topological polar surface area (TPSA) is 55.4 Å². The van der Waals surface area contributed by atoms with Crippen molar-refractivity contribution in [2.24, 2.45) is 0 Å². The van der Waals surface area contributed by atoms with Crippen LogP contribution in [0.4, 0.5) is 0 Å². The van der Waals surface area contributed by atoms with E-state index in [0.29, 0.717) is 24.3 Å². The normalized spacial score (nSPS) is 13.9. The molecule has 2 aromatic carbocycles. The van der Waals surface area contributed by atoms with E-state index in [0.717, 1.165) is 28.9 Å². The van der Waals surface area contributed by atoms with Crippen molar-refractivity contribution in [3.05, 3.63) is 69.6 Å². The number of benzene rings is 2. The van der Waals surface area contributed by atoms with E-state index in [4.69, 9.17) is 4.74 Å². The highest BCUT2D eigenvalue weighted by Gasteiger charge is 2.21. The molecule has 5 heteroatoms. The quantitative estimate of drug-likeness (QED) is 0.861. The lowest BCUT2D eigenvalue weighted by Crippen LogP contribution is -2.28. The van der Waals surface area contributed by atoms with Crippen LogP contribution in [0.5, 0.6) is 5.75 Å². The minimum atomic E-state index is -3.46. The molecule has 0 saturated heterocycles. The zero-order valence-corrected chi connectivity index (χ0v) is 15.4. The van der Waals surface area contributed by atoms with Gasteiger partial charge in [-0.2, -0.15) is 0 Å². The Balaban J connectivity index is 1.69. The third kappa shape index (κ3) is 4.11. The number of rotatable bonds is 6. The van der Waals surface area contributed by atoms with Crippen LogP contribution in [0.2, 0.25) is 0 Å². The molecule has 1 aliphatic carbocycles. The summed E-state index contributed by atoms with van der Waals surface area (Å²) in [5.74, 6) is 0.788. The average Bonchev–Trinajstić information content (AvgIpc) is 2.61. The molecule has 0 saturated carbocycles. The van der Waals surface area contributed by atoms with Gasteiger partial charge in [-0.3, -0.25) is 0 Å². The molecule has 0 atom stereocenters. The second kappa shape index (κ2) is 7.42. The lowest BCUT2D eigenvalue weighted by Gasteiger charge is -2.17. The van der Waals surface area contributed by atoms with Gasteiger partial charge in [0.1, 0.15) is 5.75 Å². The second-order valence-corrected chi connectivity index (χ2v) is 8.09. The van der Waals surface area contributed by atoms with Crippen LogP contribution in [0.15, 0.2) is 47.4 Å². The molecule has 132 valence electrons. The molecule has 3 rings (SSSR count). The Morgan fingerprint density at radius 1 is 1.12 bits per heavy atom.